The van der Waals surface area contributed by atoms with Gasteiger partial charge in [-0.05, 0) is 22.0 Å². The van der Waals surface area contributed by atoms with Crippen molar-refractivity contribution < 1.29 is 13.6 Å². The van der Waals surface area contributed by atoms with Crippen molar-refractivity contribution in [2.24, 2.45) is 5.73 Å². The highest BCUT2D eigenvalue weighted by atomic mass is 79.9. The summed E-state index contributed by atoms with van der Waals surface area (Å²) in [7, 11) is 0. The molecule has 2 nitrogen and oxygen atoms in total. The molecule has 5 heteroatoms. The van der Waals surface area contributed by atoms with Gasteiger partial charge in [-0.15, -0.1) is 0 Å². The first kappa shape index (κ1) is 9.12. The van der Waals surface area contributed by atoms with Crippen molar-refractivity contribution in [1.29, 1.82) is 0 Å². The van der Waals surface area contributed by atoms with Crippen LogP contribution >= 0.6 is 15.9 Å². The normalized spacial score (nSPS) is 9.92. The third-order valence-corrected chi connectivity index (χ3v) is 1.88. The average Bonchev–Trinajstić information content (AvgIpc) is 1.96. The number of hydrogen-bond acceptors (Lipinski definition) is 1. The lowest BCUT2D eigenvalue weighted by molar-refractivity contribution is 0.0996. The molecule has 0 saturated heterocycles. The van der Waals surface area contributed by atoms with Gasteiger partial charge in [-0.2, -0.15) is 0 Å². The molecule has 0 aromatic heterocycles. The second kappa shape index (κ2) is 3.18. The third-order valence-electron chi connectivity index (χ3n) is 1.28. The zero-order chi connectivity index (χ0) is 9.30. The van der Waals surface area contributed by atoms with Gasteiger partial charge in [0.15, 0.2) is 0 Å². The van der Waals surface area contributed by atoms with Crippen LogP contribution in [0.15, 0.2) is 16.6 Å². The zero-order valence-corrected chi connectivity index (χ0v) is 7.36. The number of carbonyl (C=O) groups excluding carboxylic acids is 1. The Balaban J connectivity index is 3.33. The topological polar surface area (TPSA) is 43.1 Å². The van der Waals surface area contributed by atoms with E-state index in [1.807, 2.05) is 0 Å². The molecule has 0 unspecified atom stereocenters. The second-order valence-electron chi connectivity index (χ2n) is 2.11. The molecular weight excluding hydrogens is 232 g/mol. The van der Waals surface area contributed by atoms with Crippen molar-refractivity contribution in [2.75, 3.05) is 0 Å². The molecule has 0 atom stereocenters. The quantitative estimate of drug-likeness (QED) is 0.742. The lowest BCUT2D eigenvalue weighted by Gasteiger charge is -1.99. The van der Waals surface area contributed by atoms with E-state index in [4.69, 9.17) is 5.73 Å². The van der Waals surface area contributed by atoms with Crippen LogP contribution in [0.1, 0.15) is 10.4 Å². The Morgan fingerprint density at radius 3 is 2.42 bits per heavy atom. The first-order chi connectivity index (χ1) is 5.52. The van der Waals surface area contributed by atoms with Crippen LogP contribution in [0, 0.1) is 11.6 Å². The molecule has 0 fully saturated rings. The van der Waals surface area contributed by atoms with Crippen LogP contribution in [0.3, 0.4) is 0 Å². The van der Waals surface area contributed by atoms with Crippen LogP contribution in [0.25, 0.3) is 0 Å². The maximum Gasteiger partial charge on any atom is 0.251 e. The third kappa shape index (κ3) is 1.61. The molecule has 64 valence electrons. The summed E-state index contributed by atoms with van der Waals surface area (Å²) in [6.07, 6.45) is 0. The smallest absolute Gasteiger partial charge is 0.251 e. The fraction of sp³-hybridized carbons (Fsp3) is 0. The van der Waals surface area contributed by atoms with Gasteiger partial charge in [0.25, 0.3) is 5.91 Å². The van der Waals surface area contributed by atoms with Crippen LogP contribution in [-0.4, -0.2) is 5.91 Å². The molecule has 12 heavy (non-hydrogen) atoms. The van der Waals surface area contributed by atoms with Gasteiger partial charge in [0, 0.05) is 6.07 Å². The zero-order valence-electron chi connectivity index (χ0n) is 5.77. The molecule has 0 spiro atoms. The standard InChI is InChI=1S/C7H4BrF2NO/c8-4-1-3(7(11)12)5(9)2-6(4)10/h1-2H,(H2,11,12). The maximum absolute atomic E-state index is 12.7. The fourth-order valence-electron chi connectivity index (χ4n) is 0.711. The largest absolute Gasteiger partial charge is 0.366 e. The number of hydrogen-bond donors (Lipinski definition) is 1. The molecule has 0 bridgehead atoms. The summed E-state index contributed by atoms with van der Waals surface area (Å²) in [4.78, 5) is 10.5. The van der Waals surface area contributed by atoms with Gasteiger partial charge in [0.05, 0.1) is 10.0 Å². The lowest BCUT2D eigenvalue weighted by Crippen LogP contribution is -2.13. The summed E-state index contributed by atoms with van der Waals surface area (Å²) in [5.41, 5.74) is 4.48. The molecule has 2 N–H and O–H groups in total. The Kier molecular flexibility index (Phi) is 2.42. The SMILES string of the molecule is NC(=O)c1cc(Br)c(F)cc1F. The first-order valence-electron chi connectivity index (χ1n) is 2.96. The van der Waals surface area contributed by atoms with Gasteiger partial charge in [0.1, 0.15) is 11.6 Å². The molecule has 1 aromatic rings. The highest BCUT2D eigenvalue weighted by Gasteiger charge is 2.11. The molecule has 0 aliphatic carbocycles. The van der Waals surface area contributed by atoms with Crippen molar-refractivity contribution in [3.8, 4) is 0 Å². The molecule has 1 amide bonds. The highest BCUT2D eigenvalue weighted by Crippen LogP contribution is 2.19. The van der Waals surface area contributed by atoms with Gasteiger partial charge >= 0.3 is 0 Å². The van der Waals surface area contributed by atoms with Crippen molar-refractivity contribution in [3.63, 3.8) is 0 Å². The minimum Gasteiger partial charge on any atom is -0.366 e. The predicted octanol–water partition coefficient (Wildman–Crippen LogP) is 1.83. The molecule has 0 heterocycles. The Labute approximate surface area is 75.5 Å². The van der Waals surface area contributed by atoms with Crippen LogP contribution < -0.4 is 5.73 Å². The maximum atomic E-state index is 12.7. The number of carbonyl (C=O) groups is 1. The summed E-state index contributed by atoms with van der Waals surface area (Å²) in [5.74, 6) is -2.64. The van der Waals surface area contributed by atoms with E-state index in [-0.39, 0.29) is 10.0 Å². The highest BCUT2D eigenvalue weighted by molar-refractivity contribution is 9.10. The van der Waals surface area contributed by atoms with Gasteiger partial charge in [-0.3, -0.25) is 4.79 Å². The Morgan fingerprint density at radius 1 is 1.33 bits per heavy atom. The Bertz CT molecular complexity index is 340. The van der Waals surface area contributed by atoms with E-state index in [9.17, 15) is 13.6 Å². The number of rotatable bonds is 1. The molecule has 0 aliphatic heterocycles. The van der Waals surface area contributed by atoms with Gasteiger partial charge in [-0.25, -0.2) is 8.78 Å². The minimum absolute atomic E-state index is 0.0118. The van der Waals surface area contributed by atoms with Crippen LogP contribution in [0.4, 0.5) is 8.78 Å². The molecular formula is C7H4BrF2NO. The van der Waals surface area contributed by atoms with Gasteiger partial charge in [-0.1, -0.05) is 0 Å². The number of benzene rings is 1. The monoisotopic (exact) mass is 235 g/mol. The molecule has 0 saturated carbocycles. The van der Waals surface area contributed by atoms with Crippen molar-refractivity contribution in [1.82, 2.24) is 0 Å². The van der Waals surface area contributed by atoms with Gasteiger partial charge in [0.2, 0.25) is 0 Å². The van der Waals surface area contributed by atoms with E-state index >= 15 is 0 Å². The fourth-order valence-corrected chi connectivity index (χ4v) is 1.05. The average molecular weight is 236 g/mol. The summed E-state index contributed by atoms with van der Waals surface area (Å²) in [6, 6.07) is 1.61. The number of nitrogens with two attached hydrogens (primary N) is 1. The number of amides is 1. The number of primary amides is 1. The molecule has 1 aromatic carbocycles. The Hall–Kier alpha value is -0.970. The van der Waals surface area contributed by atoms with E-state index in [0.717, 1.165) is 6.07 Å². The van der Waals surface area contributed by atoms with Crippen LogP contribution in [0.2, 0.25) is 0 Å². The first-order valence-corrected chi connectivity index (χ1v) is 3.76. The lowest BCUT2D eigenvalue weighted by atomic mass is 10.2. The minimum atomic E-state index is -0.955. The van der Waals surface area contributed by atoms with E-state index in [2.05, 4.69) is 15.9 Å². The van der Waals surface area contributed by atoms with Gasteiger partial charge < -0.3 is 5.73 Å². The number of halogens is 3. The van der Waals surface area contributed by atoms with Crippen molar-refractivity contribution >= 4 is 21.8 Å². The van der Waals surface area contributed by atoms with E-state index < -0.39 is 17.5 Å². The predicted molar refractivity (Wildman–Crippen MR) is 42.6 cm³/mol. The van der Waals surface area contributed by atoms with E-state index in [1.165, 1.54) is 0 Å². The molecule has 0 radical (unpaired) electrons. The van der Waals surface area contributed by atoms with Crippen molar-refractivity contribution in [2.45, 2.75) is 0 Å². The molecule has 0 aliphatic rings. The van der Waals surface area contributed by atoms with E-state index in [0.29, 0.717) is 6.07 Å². The Morgan fingerprint density at radius 2 is 1.92 bits per heavy atom. The van der Waals surface area contributed by atoms with Crippen LogP contribution in [-0.2, 0) is 0 Å². The van der Waals surface area contributed by atoms with Crippen LogP contribution in [0.5, 0.6) is 0 Å². The summed E-state index contributed by atoms with van der Waals surface area (Å²) in [5, 5.41) is 0. The second-order valence-corrected chi connectivity index (χ2v) is 2.96. The van der Waals surface area contributed by atoms with Crippen molar-refractivity contribution in [3.05, 3.63) is 33.8 Å². The summed E-state index contributed by atoms with van der Waals surface area (Å²) in [6.45, 7) is 0. The van der Waals surface area contributed by atoms with E-state index in [1.54, 1.807) is 0 Å². The summed E-state index contributed by atoms with van der Waals surface area (Å²) < 4.78 is 25.3. The molecule has 1 rings (SSSR count). The summed E-state index contributed by atoms with van der Waals surface area (Å²) >= 11 is 2.80.